The van der Waals surface area contributed by atoms with E-state index in [-0.39, 0.29) is 12.0 Å². The number of carbonyl (C=O) groups is 1. The first-order valence-electron chi connectivity index (χ1n) is 9.67. The number of hydrogen-bond donors (Lipinski definition) is 1. The van der Waals surface area contributed by atoms with Crippen LogP contribution in [0.1, 0.15) is 33.1 Å². The number of rotatable bonds is 5. The van der Waals surface area contributed by atoms with Gasteiger partial charge in [0, 0.05) is 51.9 Å². The maximum absolute atomic E-state index is 12.6. The van der Waals surface area contributed by atoms with Gasteiger partial charge in [-0.15, -0.1) is 0 Å². The van der Waals surface area contributed by atoms with Crippen molar-refractivity contribution in [3.8, 4) is 0 Å². The standard InChI is InChI=1S/C18H30N6O2/c1-3-22(4-2)15-13-16(21-18(19)20-15)23-8-6-9-24(11-10-23)17(25)14-7-5-12-26-14/h13-14H,3-12H2,1-2H3,(H2,19,20,21). The van der Waals surface area contributed by atoms with E-state index in [1.165, 1.54) is 0 Å². The molecule has 0 aromatic carbocycles. The molecule has 1 unspecified atom stereocenters. The van der Waals surface area contributed by atoms with Crippen molar-refractivity contribution in [1.82, 2.24) is 14.9 Å². The molecule has 0 aliphatic carbocycles. The van der Waals surface area contributed by atoms with Gasteiger partial charge in [-0.05, 0) is 33.1 Å². The summed E-state index contributed by atoms with van der Waals surface area (Å²) in [4.78, 5) is 27.7. The molecule has 3 heterocycles. The van der Waals surface area contributed by atoms with E-state index in [0.717, 1.165) is 63.6 Å². The molecule has 0 saturated carbocycles. The van der Waals surface area contributed by atoms with Crippen molar-refractivity contribution in [2.45, 2.75) is 39.2 Å². The summed E-state index contributed by atoms with van der Waals surface area (Å²) >= 11 is 0. The number of amides is 1. The molecule has 2 aliphatic rings. The van der Waals surface area contributed by atoms with E-state index in [1.54, 1.807) is 0 Å². The molecule has 3 rings (SSSR count). The molecular formula is C18H30N6O2. The molecule has 2 N–H and O–H groups in total. The summed E-state index contributed by atoms with van der Waals surface area (Å²) in [5.41, 5.74) is 5.95. The van der Waals surface area contributed by atoms with Gasteiger partial charge in [0.25, 0.3) is 5.91 Å². The van der Waals surface area contributed by atoms with Crippen LogP contribution in [0.4, 0.5) is 17.6 Å². The summed E-state index contributed by atoms with van der Waals surface area (Å²) in [7, 11) is 0. The van der Waals surface area contributed by atoms with Crippen LogP contribution in [0, 0.1) is 0 Å². The average molecular weight is 362 g/mol. The highest BCUT2D eigenvalue weighted by Crippen LogP contribution is 2.22. The van der Waals surface area contributed by atoms with Gasteiger partial charge >= 0.3 is 0 Å². The molecular weight excluding hydrogens is 332 g/mol. The lowest BCUT2D eigenvalue weighted by molar-refractivity contribution is -0.140. The molecule has 8 heteroatoms. The minimum absolute atomic E-state index is 0.135. The topological polar surface area (TPSA) is 87.8 Å². The maximum Gasteiger partial charge on any atom is 0.251 e. The largest absolute Gasteiger partial charge is 0.368 e. The average Bonchev–Trinajstić information content (AvgIpc) is 3.06. The second kappa shape index (κ2) is 8.53. The number of ether oxygens (including phenoxy) is 1. The lowest BCUT2D eigenvalue weighted by atomic mass is 10.2. The van der Waals surface area contributed by atoms with Crippen LogP contribution >= 0.6 is 0 Å². The first kappa shape index (κ1) is 18.7. The van der Waals surface area contributed by atoms with E-state index in [4.69, 9.17) is 10.5 Å². The van der Waals surface area contributed by atoms with Crippen LogP contribution in [-0.4, -0.2) is 72.8 Å². The zero-order valence-corrected chi connectivity index (χ0v) is 15.9. The fourth-order valence-electron chi connectivity index (χ4n) is 3.65. The number of nitrogen functional groups attached to an aromatic ring is 1. The van der Waals surface area contributed by atoms with E-state index in [0.29, 0.717) is 19.1 Å². The van der Waals surface area contributed by atoms with Gasteiger partial charge in [-0.1, -0.05) is 0 Å². The highest BCUT2D eigenvalue weighted by Gasteiger charge is 2.29. The smallest absolute Gasteiger partial charge is 0.251 e. The van der Waals surface area contributed by atoms with Crippen molar-refractivity contribution >= 4 is 23.5 Å². The predicted molar refractivity (Wildman–Crippen MR) is 102 cm³/mol. The molecule has 8 nitrogen and oxygen atoms in total. The van der Waals surface area contributed by atoms with Gasteiger partial charge in [0.1, 0.15) is 17.7 Å². The first-order valence-corrected chi connectivity index (χ1v) is 9.67. The Balaban J connectivity index is 1.69. The monoisotopic (exact) mass is 362 g/mol. The number of nitrogens with zero attached hydrogens (tertiary/aromatic N) is 5. The summed E-state index contributed by atoms with van der Waals surface area (Å²) in [6.45, 7) is 9.68. The van der Waals surface area contributed by atoms with Crippen molar-refractivity contribution in [3.63, 3.8) is 0 Å². The Kier molecular flexibility index (Phi) is 6.13. The summed E-state index contributed by atoms with van der Waals surface area (Å²) in [6, 6.07) is 2.00. The molecule has 144 valence electrons. The highest BCUT2D eigenvalue weighted by atomic mass is 16.5. The second-order valence-corrected chi connectivity index (χ2v) is 6.78. The van der Waals surface area contributed by atoms with Crippen LogP contribution in [0.3, 0.4) is 0 Å². The van der Waals surface area contributed by atoms with E-state index < -0.39 is 0 Å². The minimum Gasteiger partial charge on any atom is -0.368 e. The van der Waals surface area contributed by atoms with Crippen LogP contribution in [0.25, 0.3) is 0 Å². The summed E-state index contributed by atoms with van der Waals surface area (Å²) in [6.07, 6.45) is 2.48. The van der Waals surface area contributed by atoms with Crippen molar-refractivity contribution < 1.29 is 9.53 Å². The van der Waals surface area contributed by atoms with Gasteiger partial charge in [-0.3, -0.25) is 4.79 Å². The van der Waals surface area contributed by atoms with E-state index in [9.17, 15) is 4.79 Å². The third-order valence-corrected chi connectivity index (χ3v) is 5.14. The Morgan fingerprint density at radius 2 is 2.04 bits per heavy atom. The third-order valence-electron chi connectivity index (χ3n) is 5.14. The Labute approximate surface area is 155 Å². The van der Waals surface area contributed by atoms with Gasteiger partial charge in [0.2, 0.25) is 5.95 Å². The van der Waals surface area contributed by atoms with Crippen LogP contribution < -0.4 is 15.5 Å². The quantitative estimate of drug-likeness (QED) is 0.840. The van der Waals surface area contributed by atoms with Crippen LogP contribution in [0.2, 0.25) is 0 Å². The second-order valence-electron chi connectivity index (χ2n) is 6.78. The van der Waals surface area contributed by atoms with Crippen molar-refractivity contribution in [3.05, 3.63) is 6.07 Å². The van der Waals surface area contributed by atoms with E-state index in [1.807, 2.05) is 11.0 Å². The van der Waals surface area contributed by atoms with Crippen molar-refractivity contribution in [2.75, 3.05) is 61.4 Å². The molecule has 2 saturated heterocycles. The van der Waals surface area contributed by atoms with Gasteiger partial charge in [-0.25, -0.2) is 0 Å². The van der Waals surface area contributed by atoms with Gasteiger partial charge < -0.3 is 25.2 Å². The number of aromatic nitrogens is 2. The Morgan fingerprint density at radius 3 is 2.73 bits per heavy atom. The molecule has 0 radical (unpaired) electrons. The number of carbonyl (C=O) groups excluding carboxylic acids is 1. The lowest BCUT2D eigenvalue weighted by Crippen LogP contribution is -2.41. The molecule has 1 aromatic rings. The Bertz CT molecular complexity index is 616. The zero-order valence-electron chi connectivity index (χ0n) is 15.9. The molecule has 2 fully saturated rings. The number of anilines is 3. The molecule has 0 bridgehead atoms. The van der Waals surface area contributed by atoms with E-state index >= 15 is 0 Å². The predicted octanol–water partition coefficient (Wildman–Crippen LogP) is 1.12. The van der Waals surface area contributed by atoms with Crippen LogP contribution in [0.5, 0.6) is 0 Å². The fourth-order valence-corrected chi connectivity index (χ4v) is 3.65. The maximum atomic E-state index is 12.6. The van der Waals surface area contributed by atoms with Gasteiger partial charge in [0.05, 0.1) is 0 Å². The molecule has 1 atom stereocenters. The molecule has 0 spiro atoms. The Morgan fingerprint density at radius 1 is 1.23 bits per heavy atom. The van der Waals surface area contributed by atoms with Crippen molar-refractivity contribution in [1.29, 1.82) is 0 Å². The SMILES string of the molecule is CCN(CC)c1cc(N2CCCN(C(=O)C3CCCO3)CC2)nc(N)n1. The highest BCUT2D eigenvalue weighted by molar-refractivity contribution is 5.81. The molecule has 2 aliphatic heterocycles. The molecule has 1 amide bonds. The lowest BCUT2D eigenvalue weighted by Gasteiger charge is -2.26. The van der Waals surface area contributed by atoms with E-state index in [2.05, 4.69) is 33.6 Å². The zero-order chi connectivity index (χ0) is 18.5. The van der Waals surface area contributed by atoms with Gasteiger partial charge in [0.15, 0.2) is 0 Å². The number of hydrogen-bond acceptors (Lipinski definition) is 7. The fraction of sp³-hybridized carbons (Fsp3) is 0.722. The normalized spacial score (nSPS) is 20.9. The van der Waals surface area contributed by atoms with Crippen LogP contribution in [0.15, 0.2) is 6.07 Å². The van der Waals surface area contributed by atoms with Gasteiger partial charge in [-0.2, -0.15) is 9.97 Å². The molecule has 1 aromatic heterocycles. The number of nitrogens with two attached hydrogens (primary N) is 1. The van der Waals surface area contributed by atoms with Crippen molar-refractivity contribution in [2.24, 2.45) is 0 Å². The van der Waals surface area contributed by atoms with Crippen LogP contribution in [-0.2, 0) is 9.53 Å². The minimum atomic E-state index is -0.245. The summed E-state index contributed by atoms with van der Waals surface area (Å²) in [5, 5.41) is 0. The Hall–Kier alpha value is -2.09. The third kappa shape index (κ3) is 4.17. The summed E-state index contributed by atoms with van der Waals surface area (Å²) in [5.74, 6) is 2.12. The summed E-state index contributed by atoms with van der Waals surface area (Å²) < 4.78 is 5.56. The first-order chi connectivity index (χ1) is 12.6. The molecule has 26 heavy (non-hydrogen) atoms.